The number of rotatable bonds is 2. The molecule has 0 heterocycles. The van der Waals surface area contributed by atoms with Crippen molar-refractivity contribution in [2.24, 2.45) is 5.41 Å². The van der Waals surface area contributed by atoms with Gasteiger partial charge >= 0.3 is 5.97 Å². The number of carbonyl (C=O) groups is 1. The molecule has 0 fully saturated rings. The Labute approximate surface area is 156 Å². The van der Waals surface area contributed by atoms with E-state index >= 15 is 0 Å². The van der Waals surface area contributed by atoms with E-state index < -0.39 is 18.2 Å². The Morgan fingerprint density at radius 1 is 1.19 bits per heavy atom. The number of ether oxygens (including phenoxy) is 1. The molecule has 0 bridgehead atoms. The second-order valence-corrected chi connectivity index (χ2v) is 7.92. The molecule has 1 aliphatic rings. The minimum atomic E-state index is -0.587. The Morgan fingerprint density at radius 2 is 1.85 bits per heavy atom. The van der Waals surface area contributed by atoms with Crippen LogP contribution < -0.4 is 0 Å². The zero-order valence-electron chi connectivity index (χ0n) is 16.2. The molecule has 142 valence electrons. The van der Waals surface area contributed by atoms with Gasteiger partial charge in [0.05, 0.1) is 11.7 Å². The van der Waals surface area contributed by atoms with Crippen LogP contribution in [0.5, 0.6) is 5.75 Å². The molecule has 0 saturated carbocycles. The van der Waals surface area contributed by atoms with Gasteiger partial charge in [-0.3, -0.25) is 0 Å². The monoisotopic (exact) mass is 358 g/mol. The highest BCUT2D eigenvalue weighted by molar-refractivity contribution is 5.89. The van der Waals surface area contributed by atoms with E-state index in [2.05, 4.69) is 26.8 Å². The van der Waals surface area contributed by atoms with Crippen molar-refractivity contribution in [1.82, 2.24) is 0 Å². The van der Waals surface area contributed by atoms with Crippen LogP contribution in [0.3, 0.4) is 0 Å². The molecular formula is C22H30O4. The molecule has 4 heteroatoms. The lowest BCUT2D eigenvalue weighted by molar-refractivity contribution is 0.0368. The van der Waals surface area contributed by atoms with Gasteiger partial charge in [-0.05, 0) is 68.4 Å². The molecule has 0 amide bonds. The predicted octanol–water partition coefficient (Wildman–Crippen LogP) is 4.77. The molecule has 2 rings (SSSR count). The summed E-state index contributed by atoms with van der Waals surface area (Å²) in [5.74, 6) is -0.325. The van der Waals surface area contributed by atoms with E-state index in [-0.39, 0.29) is 11.2 Å². The van der Waals surface area contributed by atoms with Gasteiger partial charge in [0.2, 0.25) is 0 Å². The van der Waals surface area contributed by atoms with Crippen LogP contribution in [0, 0.1) is 5.41 Å². The second kappa shape index (κ2) is 8.54. The summed E-state index contributed by atoms with van der Waals surface area (Å²) in [7, 11) is 0. The number of aliphatic hydroxyl groups is 1. The van der Waals surface area contributed by atoms with Gasteiger partial charge in [-0.1, -0.05) is 31.6 Å². The third-order valence-electron chi connectivity index (χ3n) is 5.15. The number of benzene rings is 1. The first kappa shape index (κ1) is 20.2. The largest absolute Gasteiger partial charge is 0.508 e. The van der Waals surface area contributed by atoms with Crippen LogP contribution in [-0.2, 0) is 4.74 Å². The topological polar surface area (TPSA) is 66.8 Å². The zero-order valence-corrected chi connectivity index (χ0v) is 16.2. The number of hydrogen-bond donors (Lipinski definition) is 2. The fourth-order valence-corrected chi connectivity index (χ4v) is 3.08. The van der Waals surface area contributed by atoms with Gasteiger partial charge in [0.15, 0.2) is 0 Å². The van der Waals surface area contributed by atoms with Crippen LogP contribution in [0.15, 0.2) is 47.6 Å². The van der Waals surface area contributed by atoms with Crippen LogP contribution in [-0.4, -0.2) is 28.4 Å². The molecule has 2 N–H and O–H groups in total. The average molecular weight is 358 g/mol. The van der Waals surface area contributed by atoms with Gasteiger partial charge in [0.1, 0.15) is 11.9 Å². The smallest absolute Gasteiger partial charge is 0.338 e. The molecule has 0 radical (unpaired) electrons. The summed E-state index contributed by atoms with van der Waals surface area (Å²) in [6.07, 6.45) is 6.46. The first-order valence-corrected chi connectivity index (χ1v) is 9.21. The zero-order chi connectivity index (χ0) is 19.3. The van der Waals surface area contributed by atoms with Crippen molar-refractivity contribution < 1.29 is 19.7 Å². The van der Waals surface area contributed by atoms with Gasteiger partial charge in [-0.25, -0.2) is 4.79 Å². The number of hydrogen-bond acceptors (Lipinski definition) is 4. The highest BCUT2D eigenvalue weighted by atomic mass is 16.5. The Hall–Kier alpha value is -2.07. The molecule has 1 aliphatic carbocycles. The third kappa shape index (κ3) is 5.46. The van der Waals surface area contributed by atoms with Crippen molar-refractivity contribution >= 4 is 5.97 Å². The van der Waals surface area contributed by atoms with E-state index in [0.717, 1.165) is 24.8 Å². The molecule has 2 atom stereocenters. The van der Waals surface area contributed by atoms with E-state index in [1.807, 2.05) is 13.0 Å². The van der Waals surface area contributed by atoms with Crippen LogP contribution in [0.4, 0.5) is 0 Å². The second-order valence-electron chi connectivity index (χ2n) is 7.92. The molecule has 0 aliphatic heterocycles. The maximum absolute atomic E-state index is 12.5. The lowest BCUT2D eigenvalue weighted by Crippen LogP contribution is -2.29. The molecule has 26 heavy (non-hydrogen) atoms. The molecule has 0 saturated heterocycles. The first-order chi connectivity index (χ1) is 12.2. The van der Waals surface area contributed by atoms with Gasteiger partial charge < -0.3 is 14.9 Å². The maximum atomic E-state index is 12.5. The van der Waals surface area contributed by atoms with Crippen LogP contribution in [0.25, 0.3) is 0 Å². The number of aliphatic hydroxyl groups excluding tert-OH is 1. The number of phenolic OH excluding ortho intramolecular Hbond substituents is 1. The summed E-state index contributed by atoms with van der Waals surface area (Å²) in [6, 6.07) is 6.02. The molecular weight excluding hydrogens is 328 g/mol. The van der Waals surface area contributed by atoms with Crippen molar-refractivity contribution in [3.8, 4) is 5.75 Å². The van der Waals surface area contributed by atoms with E-state index in [4.69, 9.17) is 4.74 Å². The van der Waals surface area contributed by atoms with Crippen LogP contribution in [0.2, 0.25) is 0 Å². The maximum Gasteiger partial charge on any atom is 0.338 e. The van der Waals surface area contributed by atoms with Gasteiger partial charge in [-0.15, -0.1) is 0 Å². The number of aromatic hydroxyl groups is 1. The van der Waals surface area contributed by atoms with Gasteiger partial charge in [0.25, 0.3) is 0 Å². The average Bonchev–Trinajstić information content (AvgIpc) is 2.59. The highest BCUT2D eigenvalue weighted by Crippen LogP contribution is 2.31. The quantitative estimate of drug-likeness (QED) is 0.590. The summed E-state index contributed by atoms with van der Waals surface area (Å²) in [6.45, 7) is 8.13. The number of allylic oxidation sites excluding steroid dienone is 1. The standard InChI is InChI=1S/C22H30O4/c1-15-6-5-13-22(3,4)20(24)14-16(2)19(12-7-15)26-21(25)17-8-10-18(23)11-9-17/h7-11,14,19-20,23-24H,5-6,12-13H2,1-4H3/b15-7+,16-14-. The third-order valence-corrected chi connectivity index (χ3v) is 5.15. The van der Waals surface area contributed by atoms with E-state index in [1.54, 1.807) is 12.1 Å². The number of esters is 1. The molecule has 4 nitrogen and oxygen atoms in total. The first-order valence-electron chi connectivity index (χ1n) is 9.21. The van der Waals surface area contributed by atoms with E-state index in [1.165, 1.54) is 17.7 Å². The highest BCUT2D eigenvalue weighted by Gasteiger charge is 2.28. The lowest BCUT2D eigenvalue weighted by Gasteiger charge is -2.29. The summed E-state index contributed by atoms with van der Waals surface area (Å²) in [4.78, 5) is 12.5. The van der Waals surface area contributed by atoms with Gasteiger partial charge in [0, 0.05) is 6.42 Å². The summed E-state index contributed by atoms with van der Waals surface area (Å²) < 4.78 is 5.72. The molecule has 2 unspecified atom stereocenters. The Bertz CT molecular complexity index is 683. The van der Waals surface area contributed by atoms with Crippen molar-refractivity contribution in [2.45, 2.75) is 65.6 Å². The molecule has 0 aromatic heterocycles. The normalized spacial score (nSPS) is 28.0. The Balaban J connectivity index is 2.25. The number of carbonyl (C=O) groups excluding carboxylic acids is 1. The minimum Gasteiger partial charge on any atom is -0.508 e. The van der Waals surface area contributed by atoms with Crippen molar-refractivity contribution in [2.75, 3.05) is 0 Å². The van der Waals surface area contributed by atoms with E-state index in [0.29, 0.717) is 12.0 Å². The van der Waals surface area contributed by atoms with Crippen LogP contribution in [0.1, 0.15) is 63.7 Å². The van der Waals surface area contributed by atoms with Crippen molar-refractivity contribution in [3.63, 3.8) is 0 Å². The molecule has 1 aromatic carbocycles. The fourth-order valence-electron chi connectivity index (χ4n) is 3.08. The van der Waals surface area contributed by atoms with Gasteiger partial charge in [-0.2, -0.15) is 0 Å². The molecule has 0 spiro atoms. The predicted molar refractivity (Wildman–Crippen MR) is 103 cm³/mol. The Morgan fingerprint density at radius 3 is 2.50 bits per heavy atom. The Kier molecular flexibility index (Phi) is 6.65. The van der Waals surface area contributed by atoms with E-state index in [9.17, 15) is 15.0 Å². The summed E-state index contributed by atoms with van der Waals surface area (Å²) in [5.41, 5.74) is 2.29. The number of phenols is 1. The van der Waals surface area contributed by atoms with Crippen molar-refractivity contribution in [1.29, 1.82) is 0 Å². The molecule has 1 aromatic rings. The van der Waals surface area contributed by atoms with Crippen LogP contribution >= 0.6 is 0 Å². The summed E-state index contributed by atoms with van der Waals surface area (Å²) >= 11 is 0. The minimum absolute atomic E-state index is 0.108. The van der Waals surface area contributed by atoms with Crippen molar-refractivity contribution in [3.05, 3.63) is 53.1 Å². The fraction of sp³-hybridized carbons (Fsp3) is 0.500. The summed E-state index contributed by atoms with van der Waals surface area (Å²) in [5, 5.41) is 20.0. The lowest BCUT2D eigenvalue weighted by atomic mass is 9.80. The SMILES string of the molecule is C/C1=C/C(O)C(C)(C)CCC/C(C)=C/CC1OC(=O)c1ccc(O)cc1.